The Balaban J connectivity index is 1.10. The van der Waals surface area contributed by atoms with Crippen LogP contribution in [0.5, 0.6) is 5.88 Å². The van der Waals surface area contributed by atoms with E-state index in [-0.39, 0.29) is 11.7 Å². The van der Waals surface area contributed by atoms with Crippen LogP contribution >= 0.6 is 0 Å². The molecule has 0 spiro atoms. The van der Waals surface area contributed by atoms with Crippen molar-refractivity contribution in [2.75, 3.05) is 19.7 Å². The minimum Gasteiger partial charge on any atom is -0.478 e. The van der Waals surface area contributed by atoms with Gasteiger partial charge in [0.25, 0.3) is 0 Å². The molecule has 9 nitrogen and oxygen atoms in total. The predicted octanol–water partition coefficient (Wildman–Crippen LogP) is 5.14. The van der Waals surface area contributed by atoms with Crippen LogP contribution in [0.2, 0.25) is 0 Å². The molecule has 210 valence electrons. The number of fused-ring (bicyclic) bond motifs is 1. The Hall–Kier alpha value is -4.26. The first-order chi connectivity index (χ1) is 20.1. The van der Waals surface area contributed by atoms with Crippen molar-refractivity contribution in [3.05, 3.63) is 88.9 Å². The van der Waals surface area contributed by atoms with E-state index in [2.05, 4.69) is 21.6 Å². The van der Waals surface area contributed by atoms with Crippen LogP contribution in [0.15, 0.2) is 60.7 Å². The molecular weight excluding hydrogens is 518 g/mol. The van der Waals surface area contributed by atoms with Crippen molar-refractivity contribution in [1.82, 2.24) is 19.4 Å². The number of rotatable bonds is 9. The molecule has 41 heavy (non-hydrogen) atoms. The fourth-order valence-electron chi connectivity index (χ4n) is 5.78. The van der Waals surface area contributed by atoms with E-state index in [4.69, 9.17) is 24.7 Å². The maximum atomic E-state index is 11.6. The molecular formula is C32H33N5O4. The summed E-state index contributed by atoms with van der Waals surface area (Å²) in [7, 11) is 0. The van der Waals surface area contributed by atoms with Gasteiger partial charge < -0.3 is 19.1 Å². The van der Waals surface area contributed by atoms with E-state index in [0.29, 0.717) is 37.1 Å². The molecule has 0 amide bonds. The van der Waals surface area contributed by atoms with Gasteiger partial charge >= 0.3 is 5.97 Å². The van der Waals surface area contributed by atoms with Crippen LogP contribution in [0.1, 0.15) is 64.6 Å². The molecule has 2 saturated heterocycles. The number of hydrogen-bond donors (Lipinski definition) is 1. The zero-order chi connectivity index (χ0) is 28.2. The SMILES string of the molecule is N#Cc1ccc(COc2cccc(C3CCN(Cc4nc5ccc(C(=O)O)cc5n4CC4CCCO4)CC3)n2)cc1. The number of aromatic carboxylic acids is 1. The van der Waals surface area contributed by atoms with Gasteiger partial charge in [-0.3, -0.25) is 4.90 Å². The molecule has 2 aliphatic rings. The molecule has 4 aromatic rings. The largest absolute Gasteiger partial charge is 0.478 e. The van der Waals surface area contributed by atoms with Crippen molar-refractivity contribution in [2.24, 2.45) is 0 Å². The van der Waals surface area contributed by atoms with Gasteiger partial charge in [0.05, 0.1) is 47.4 Å². The van der Waals surface area contributed by atoms with Crippen LogP contribution in [0.3, 0.4) is 0 Å². The Morgan fingerprint density at radius 3 is 2.63 bits per heavy atom. The summed E-state index contributed by atoms with van der Waals surface area (Å²) in [6, 6.07) is 20.7. The topological polar surface area (TPSA) is 114 Å². The van der Waals surface area contributed by atoms with Crippen molar-refractivity contribution in [2.45, 2.75) is 57.4 Å². The van der Waals surface area contributed by atoms with E-state index in [1.54, 1.807) is 24.3 Å². The highest BCUT2D eigenvalue weighted by atomic mass is 16.5. The fraction of sp³-hybridized carbons (Fsp3) is 0.375. The number of nitrogens with zero attached hydrogens (tertiary/aromatic N) is 5. The summed E-state index contributed by atoms with van der Waals surface area (Å²) in [4.78, 5) is 23.8. The van der Waals surface area contributed by atoms with Crippen molar-refractivity contribution in [3.63, 3.8) is 0 Å². The second-order valence-corrected chi connectivity index (χ2v) is 10.8. The first-order valence-corrected chi connectivity index (χ1v) is 14.2. The Bertz CT molecular complexity index is 1560. The quantitative estimate of drug-likeness (QED) is 0.304. The molecule has 9 heteroatoms. The third-order valence-electron chi connectivity index (χ3n) is 8.07. The molecule has 1 unspecified atom stereocenters. The molecule has 2 aliphatic heterocycles. The number of carboxylic acid groups (broad SMARTS) is 1. The van der Waals surface area contributed by atoms with Gasteiger partial charge in [-0.25, -0.2) is 14.8 Å². The minimum absolute atomic E-state index is 0.128. The molecule has 0 aliphatic carbocycles. The molecule has 2 fully saturated rings. The number of nitriles is 1. The summed E-state index contributed by atoms with van der Waals surface area (Å²) in [5.41, 5.74) is 4.62. The fourth-order valence-corrected chi connectivity index (χ4v) is 5.78. The Morgan fingerprint density at radius 2 is 1.90 bits per heavy atom. The standard InChI is InChI=1S/C32H33N5O4/c33-18-22-6-8-23(9-7-22)21-41-31-5-1-4-27(35-31)24-12-14-36(15-13-24)20-30-34-28-11-10-25(32(38)39)17-29(28)37(30)19-26-3-2-16-40-26/h1,4-11,17,24,26H,2-3,12-16,19-21H2,(H,38,39). The summed E-state index contributed by atoms with van der Waals surface area (Å²) in [6.07, 6.45) is 4.16. The monoisotopic (exact) mass is 551 g/mol. The normalized spacial score (nSPS) is 18.0. The summed E-state index contributed by atoms with van der Waals surface area (Å²) < 4.78 is 14.0. The van der Waals surface area contributed by atoms with Gasteiger partial charge in [-0.05, 0) is 80.7 Å². The average Bonchev–Trinajstić information content (AvgIpc) is 3.64. The highest BCUT2D eigenvalue weighted by molar-refractivity contribution is 5.92. The molecule has 1 atom stereocenters. The van der Waals surface area contributed by atoms with E-state index >= 15 is 0 Å². The van der Waals surface area contributed by atoms with Gasteiger partial charge in [0.2, 0.25) is 5.88 Å². The highest BCUT2D eigenvalue weighted by Crippen LogP contribution is 2.30. The zero-order valence-corrected chi connectivity index (χ0v) is 22.9. The smallest absolute Gasteiger partial charge is 0.335 e. The first kappa shape index (κ1) is 26.9. The maximum Gasteiger partial charge on any atom is 0.335 e. The number of imidazole rings is 1. The molecule has 2 aromatic heterocycles. The maximum absolute atomic E-state index is 11.6. The second-order valence-electron chi connectivity index (χ2n) is 10.8. The van der Waals surface area contributed by atoms with Gasteiger partial charge in [0.15, 0.2) is 0 Å². The molecule has 0 saturated carbocycles. The molecule has 6 rings (SSSR count). The Morgan fingerprint density at radius 1 is 1.07 bits per heavy atom. The molecule has 4 heterocycles. The number of ether oxygens (including phenoxy) is 2. The Kier molecular flexibility index (Phi) is 7.94. The van der Waals surface area contributed by atoms with Crippen molar-refractivity contribution in [1.29, 1.82) is 5.26 Å². The zero-order valence-electron chi connectivity index (χ0n) is 22.9. The van der Waals surface area contributed by atoms with Crippen molar-refractivity contribution in [3.8, 4) is 11.9 Å². The number of carbonyl (C=O) groups is 1. The summed E-state index contributed by atoms with van der Waals surface area (Å²) in [5.74, 6) is 0.983. The number of likely N-dealkylation sites (tertiary alicyclic amines) is 1. The average molecular weight is 552 g/mol. The van der Waals surface area contributed by atoms with E-state index in [0.717, 1.165) is 73.5 Å². The van der Waals surface area contributed by atoms with E-state index in [1.807, 2.05) is 30.3 Å². The minimum atomic E-state index is -0.933. The van der Waals surface area contributed by atoms with Crippen LogP contribution in [0.25, 0.3) is 11.0 Å². The summed E-state index contributed by atoms with van der Waals surface area (Å²) in [6.45, 7) is 4.41. The lowest BCUT2D eigenvalue weighted by atomic mass is 9.93. The van der Waals surface area contributed by atoms with Gasteiger partial charge in [-0.1, -0.05) is 18.2 Å². The lowest BCUT2D eigenvalue weighted by Gasteiger charge is -2.31. The van der Waals surface area contributed by atoms with Crippen LogP contribution in [0, 0.1) is 11.3 Å². The lowest BCUT2D eigenvalue weighted by molar-refractivity contribution is 0.0697. The first-order valence-electron chi connectivity index (χ1n) is 14.2. The lowest BCUT2D eigenvalue weighted by Crippen LogP contribution is -2.34. The van der Waals surface area contributed by atoms with Crippen LogP contribution < -0.4 is 4.74 Å². The number of aromatic nitrogens is 3. The van der Waals surface area contributed by atoms with Gasteiger partial charge in [0, 0.05) is 24.3 Å². The van der Waals surface area contributed by atoms with E-state index in [9.17, 15) is 9.90 Å². The molecule has 1 N–H and O–H groups in total. The number of hydrogen-bond acceptors (Lipinski definition) is 7. The molecule has 0 bridgehead atoms. The van der Waals surface area contributed by atoms with Crippen molar-refractivity contribution < 1.29 is 19.4 Å². The van der Waals surface area contributed by atoms with Crippen LogP contribution in [0.4, 0.5) is 0 Å². The Labute approximate surface area is 239 Å². The van der Waals surface area contributed by atoms with Gasteiger partial charge in [-0.15, -0.1) is 0 Å². The van der Waals surface area contributed by atoms with Crippen molar-refractivity contribution >= 4 is 17.0 Å². The van der Waals surface area contributed by atoms with E-state index in [1.165, 1.54) is 0 Å². The number of piperidine rings is 1. The van der Waals surface area contributed by atoms with Gasteiger partial charge in [0.1, 0.15) is 12.4 Å². The highest BCUT2D eigenvalue weighted by Gasteiger charge is 2.25. The number of pyridine rings is 1. The molecule has 2 aromatic carbocycles. The second kappa shape index (κ2) is 12.1. The number of benzene rings is 2. The van der Waals surface area contributed by atoms with Gasteiger partial charge in [-0.2, -0.15) is 5.26 Å². The van der Waals surface area contributed by atoms with Crippen LogP contribution in [-0.4, -0.2) is 56.3 Å². The summed E-state index contributed by atoms with van der Waals surface area (Å²) in [5, 5.41) is 18.5. The molecule has 0 radical (unpaired) electrons. The van der Waals surface area contributed by atoms with E-state index < -0.39 is 5.97 Å². The predicted molar refractivity (Wildman–Crippen MR) is 153 cm³/mol. The third kappa shape index (κ3) is 6.24. The van der Waals surface area contributed by atoms with Crippen LogP contribution in [-0.2, 0) is 24.4 Å². The number of carboxylic acids is 1. The third-order valence-corrected chi connectivity index (χ3v) is 8.07. The summed E-state index contributed by atoms with van der Waals surface area (Å²) >= 11 is 0.